The number of methoxy groups -OCH3 is 1. The molecule has 0 radical (unpaired) electrons. The Balaban J connectivity index is 2.29. The van der Waals surface area contributed by atoms with Crippen LogP contribution in [0.15, 0.2) is 0 Å². The largest absolute Gasteiger partial charge is 0.434 e. The number of cyclic esters (lactones) is 1. The minimum absolute atomic E-state index is 0.349. The predicted molar refractivity (Wildman–Crippen MR) is 39.6 cm³/mol. The Morgan fingerprint density at radius 3 is 2.92 bits per heavy atom. The average Bonchev–Trinajstić information content (AvgIpc) is 2.55. The van der Waals surface area contributed by atoms with Gasteiger partial charge >= 0.3 is 5.97 Å². The van der Waals surface area contributed by atoms with Crippen molar-refractivity contribution in [2.24, 2.45) is 5.92 Å². The first kappa shape index (κ1) is 8.31. The Bertz CT molecular complexity index is 287. The first-order valence-corrected chi connectivity index (χ1v) is 3.86. The molecule has 72 valence electrons. The van der Waals surface area contributed by atoms with Crippen LogP contribution >= 0.6 is 0 Å². The number of hydrogen-bond acceptors (Lipinski definition) is 5. The maximum atomic E-state index is 11.1. The molecule has 0 aliphatic carbocycles. The molecule has 0 unspecified atom stereocenters. The molecule has 2 aliphatic rings. The van der Waals surface area contributed by atoms with Crippen molar-refractivity contribution >= 4 is 11.7 Å². The van der Waals surface area contributed by atoms with E-state index in [1.807, 2.05) is 0 Å². The molecule has 2 aliphatic heterocycles. The summed E-state index contributed by atoms with van der Waals surface area (Å²) in [6.45, 7) is 1.59. The summed E-state index contributed by atoms with van der Waals surface area (Å²) in [5.74, 6) is -0.954. The molecule has 3 atom stereocenters. The lowest BCUT2D eigenvalue weighted by atomic mass is 10.0. The molecular weight excluding hydrogens is 178 g/mol. The summed E-state index contributed by atoms with van der Waals surface area (Å²) >= 11 is 0. The van der Waals surface area contributed by atoms with E-state index in [9.17, 15) is 10.0 Å². The summed E-state index contributed by atoms with van der Waals surface area (Å²) in [7, 11) is 1.42. The molecule has 0 aromatic rings. The highest BCUT2D eigenvalue weighted by Gasteiger charge is 2.54. The molecular formula is C7H9NO5. The van der Waals surface area contributed by atoms with Crippen molar-refractivity contribution in [3.8, 4) is 0 Å². The molecule has 6 heteroatoms. The Labute approximate surface area is 74.2 Å². The van der Waals surface area contributed by atoms with Crippen LogP contribution < -0.4 is 0 Å². The van der Waals surface area contributed by atoms with Gasteiger partial charge in [0.2, 0.25) is 12.0 Å². The van der Waals surface area contributed by atoms with Crippen LogP contribution in [0.3, 0.4) is 0 Å². The number of carbonyl (C=O) groups is 1. The molecule has 0 N–H and O–H groups in total. The van der Waals surface area contributed by atoms with E-state index >= 15 is 0 Å². The monoisotopic (exact) mass is 187 g/mol. The van der Waals surface area contributed by atoms with E-state index in [-0.39, 0.29) is 0 Å². The summed E-state index contributed by atoms with van der Waals surface area (Å²) in [6.07, 6.45) is -1.53. The first-order chi connectivity index (χ1) is 6.15. The molecule has 0 aromatic heterocycles. The molecule has 6 nitrogen and oxygen atoms in total. The van der Waals surface area contributed by atoms with Crippen molar-refractivity contribution in [1.82, 2.24) is 0 Å². The van der Waals surface area contributed by atoms with Gasteiger partial charge in [-0.15, -0.1) is 0 Å². The molecule has 1 fully saturated rings. The van der Waals surface area contributed by atoms with E-state index in [0.717, 1.165) is 0 Å². The number of esters is 1. The summed E-state index contributed by atoms with van der Waals surface area (Å²) in [6, 6.07) is 0. The van der Waals surface area contributed by atoms with Gasteiger partial charge in [-0.25, -0.2) is 0 Å². The van der Waals surface area contributed by atoms with Gasteiger partial charge in [-0.1, -0.05) is 0 Å². The number of hydrogen-bond donors (Lipinski definition) is 0. The Morgan fingerprint density at radius 1 is 1.62 bits per heavy atom. The minimum atomic E-state index is -0.831. The topological polar surface area (TPSA) is 70.8 Å². The van der Waals surface area contributed by atoms with Gasteiger partial charge in [0.25, 0.3) is 0 Å². The molecule has 0 spiro atoms. The number of rotatable bonds is 1. The highest BCUT2D eigenvalue weighted by atomic mass is 16.9. The zero-order valence-electron chi connectivity index (χ0n) is 7.22. The van der Waals surface area contributed by atoms with Crippen LogP contribution in [0.1, 0.15) is 6.92 Å². The second kappa shape index (κ2) is 2.59. The van der Waals surface area contributed by atoms with Crippen molar-refractivity contribution < 1.29 is 24.0 Å². The van der Waals surface area contributed by atoms with Gasteiger partial charge in [0.05, 0.1) is 0 Å². The van der Waals surface area contributed by atoms with Gasteiger partial charge in [0, 0.05) is 18.9 Å². The molecule has 1 saturated heterocycles. The second-order valence-electron chi connectivity index (χ2n) is 2.99. The lowest BCUT2D eigenvalue weighted by Crippen LogP contribution is -2.28. The molecule has 2 rings (SSSR count). The third-order valence-electron chi connectivity index (χ3n) is 2.30. The number of ether oxygens (including phenoxy) is 2. The quantitative estimate of drug-likeness (QED) is 0.405. The molecule has 0 bridgehead atoms. The first-order valence-electron chi connectivity index (χ1n) is 3.86. The normalized spacial score (nSPS) is 37.4. The van der Waals surface area contributed by atoms with Gasteiger partial charge < -0.3 is 14.3 Å². The smallest absolute Gasteiger partial charge is 0.328 e. The summed E-state index contributed by atoms with van der Waals surface area (Å²) in [5.41, 5.74) is 0.405. The van der Waals surface area contributed by atoms with E-state index in [4.69, 9.17) is 14.3 Å². The SMILES string of the molecule is CO[C@@H]1OC(=O)[C@@H]2O[N+]([O-])=C(C)[C@H]12. The zero-order chi connectivity index (χ0) is 9.59. The molecule has 0 aromatic carbocycles. The van der Waals surface area contributed by atoms with Crippen molar-refractivity contribution in [2.75, 3.05) is 7.11 Å². The fraction of sp³-hybridized carbons (Fsp3) is 0.714. The van der Waals surface area contributed by atoms with E-state index in [1.54, 1.807) is 6.92 Å². The zero-order valence-corrected chi connectivity index (χ0v) is 7.22. The van der Waals surface area contributed by atoms with Crippen LogP contribution in [0.25, 0.3) is 0 Å². The predicted octanol–water partition coefficient (Wildman–Crippen LogP) is -0.583. The van der Waals surface area contributed by atoms with Crippen molar-refractivity contribution in [3.63, 3.8) is 0 Å². The second-order valence-corrected chi connectivity index (χ2v) is 2.99. The number of nitrogens with zero attached hydrogens (tertiary/aromatic N) is 1. The van der Waals surface area contributed by atoms with Crippen LogP contribution in [0.4, 0.5) is 0 Å². The Hall–Kier alpha value is -1.30. The Morgan fingerprint density at radius 2 is 2.31 bits per heavy atom. The molecule has 13 heavy (non-hydrogen) atoms. The lowest BCUT2D eigenvalue weighted by Gasteiger charge is -2.09. The standard InChI is InChI=1S/C7H9NO5/c1-3-4-5(13-8(3)10)6(9)12-7(4)11-2/h4-5,7H,1-2H3/t4-,5+,7+/m0/s1. The highest BCUT2D eigenvalue weighted by Crippen LogP contribution is 2.31. The van der Waals surface area contributed by atoms with Gasteiger partial charge in [-0.3, -0.25) is 10.0 Å². The van der Waals surface area contributed by atoms with Crippen LogP contribution in [0.5, 0.6) is 0 Å². The molecule has 0 saturated carbocycles. The van der Waals surface area contributed by atoms with E-state index in [2.05, 4.69) is 0 Å². The van der Waals surface area contributed by atoms with Gasteiger partial charge in [-0.05, 0) is 0 Å². The highest BCUT2D eigenvalue weighted by molar-refractivity contribution is 5.91. The third-order valence-corrected chi connectivity index (χ3v) is 2.30. The van der Waals surface area contributed by atoms with Crippen molar-refractivity contribution in [1.29, 1.82) is 0 Å². The van der Waals surface area contributed by atoms with E-state index in [1.165, 1.54) is 7.11 Å². The van der Waals surface area contributed by atoms with Crippen molar-refractivity contribution in [2.45, 2.75) is 19.3 Å². The molecule has 2 heterocycles. The van der Waals surface area contributed by atoms with Crippen LogP contribution in [0, 0.1) is 11.1 Å². The molecule has 0 amide bonds. The summed E-state index contributed by atoms with van der Waals surface area (Å²) in [4.78, 5) is 16.2. The van der Waals surface area contributed by atoms with E-state index < -0.39 is 24.3 Å². The van der Waals surface area contributed by atoms with Crippen LogP contribution in [-0.4, -0.2) is 36.1 Å². The van der Waals surface area contributed by atoms with Crippen molar-refractivity contribution in [3.05, 3.63) is 5.21 Å². The third kappa shape index (κ3) is 0.983. The maximum Gasteiger partial charge on any atom is 0.328 e. The fourth-order valence-electron chi connectivity index (χ4n) is 1.57. The van der Waals surface area contributed by atoms with Gasteiger partial charge in [-0.2, -0.15) is 0 Å². The number of fused-ring (bicyclic) bond motifs is 1. The van der Waals surface area contributed by atoms with E-state index in [0.29, 0.717) is 10.6 Å². The lowest BCUT2D eigenvalue weighted by molar-refractivity contribution is -0.737. The minimum Gasteiger partial charge on any atom is -0.434 e. The van der Waals surface area contributed by atoms with Gasteiger partial charge in [0.1, 0.15) is 5.92 Å². The number of carbonyl (C=O) groups excluding carboxylic acids is 1. The van der Waals surface area contributed by atoms with Crippen LogP contribution in [0.2, 0.25) is 0 Å². The van der Waals surface area contributed by atoms with Gasteiger partial charge in [0.15, 0.2) is 6.10 Å². The Kier molecular flexibility index (Phi) is 1.66. The summed E-state index contributed by atoms with van der Waals surface area (Å²) in [5, 5.41) is 11.0. The van der Waals surface area contributed by atoms with Crippen LogP contribution in [-0.2, 0) is 19.1 Å². The summed E-state index contributed by atoms with van der Waals surface area (Å²) < 4.78 is 9.73. The fourth-order valence-corrected chi connectivity index (χ4v) is 1.57. The average molecular weight is 187 g/mol. The maximum absolute atomic E-state index is 11.1.